The molecule has 3 N–H and O–H groups in total. The molecule has 1 saturated carbocycles. The smallest absolute Gasteiger partial charge is 0.259 e. The lowest BCUT2D eigenvalue weighted by Crippen LogP contribution is -2.65. The highest BCUT2D eigenvalue weighted by Crippen LogP contribution is 2.30. The van der Waals surface area contributed by atoms with Crippen molar-refractivity contribution in [2.45, 2.75) is 74.2 Å². The second-order valence-electron chi connectivity index (χ2n) is 9.07. The average molecular weight is 533 g/mol. The van der Waals surface area contributed by atoms with Gasteiger partial charge in [-0.05, 0) is 63.1 Å². The van der Waals surface area contributed by atoms with Crippen LogP contribution in [0.1, 0.15) is 44.9 Å². The van der Waals surface area contributed by atoms with Crippen LogP contribution in [0.25, 0.3) is 0 Å². The van der Waals surface area contributed by atoms with Gasteiger partial charge in [0.05, 0.1) is 14.9 Å². The molecule has 1 aromatic carbocycles. The highest BCUT2D eigenvalue weighted by Gasteiger charge is 2.46. The van der Waals surface area contributed by atoms with Gasteiger partial charge in [-0.15, -0.1) is 0 Å². The number of halogens is 2. The van der Waals surface area contributed by atoms with Gasteiger partial charge >= 0.3 is 0 Å². The Hall–Kier alpha value is -1.43. The summed E-state index contributed by atoms with van der Waals surface area (Å²) in [6, 6.07) is 3.99. The SMILES string of the molecule is NC1CCC(NC(=O)C2N(C(=O)C3CCCO3)CCCN2S(=O)(=O)c2ccc(Cl)c(Cl)c2)CC1. The number of hydrogen-bond acceptors (Lipinski definition) is 6. The molecule has 12 heteroatoms. The van der Waals surface area contributed by atoms with Gasteiger partial charge in [-0.1, -0.05) is 23.2 Å². The highest BCUT2D eigenvalue weighted by molar-refractivity contribution is 7.89. The Bertz CT molecular complexity index is 1030. The lowest BCUT2D eigenvalue weighted by molar-refractivity contribution is -0.154. The molecule has 188 valence electrons. The predicted octanol–water partition coefficient (Wildman–Crippen LogP) is 2.11. The van der Waals surface area contributed by atoms with Crippen LogP contribution in [0, 0.1) is 0 Å². The van der Waals surface area contributed by atoms with Crippen LogP contribution in [-0.4, -0.2) is 73.5 Å². The molecule has 34 heavy (non-hydrogen) atoms. The van der Waals surface area contributed by atoms with Gasteiger partial charge in [-0.25, -0.2) is 8.42 Å². The van der Waals surface area contributed by atoms with Gasteiger partial charge in [0.2, 0.25) is 10.0 Å². The predicted molar refractivity (Wildman–Crippen MR) is 128 cm³/mol. The van der Waals surface area contributed by atoms with E-state index < -0.39 is 28.2 Å². The quantitative estimate of drug-likeness (QED) is 0.598. The molecular formula is C22H30Cl2N4O5S. The molecule has 2 heterocycles. The van der Waals surface area contributed by atoms with E-state index in [1.54, 1.807) is 0 Å². The molecule has 3 fully saturated rings. The first-order valence-electron chi connectivity index (χ1n) is 11.6. The maximum atomic E-state index is 13.6. The van der Waals surface area contributed by atoms with E-state index in [0.717, 1.165) is 23.6 Å². The van der Waals surface area contributed by atoms with Gasteiger partial charge in [0, 0.05) is 31.8 Å². The molecule has 2 unspecified atom stereocenters. The first-order valence-corrected chi connectivity index (χ1v) is 13.8. The van der Waals surface area contributed by atoms with Crippen LogP contribution in [0.15, 0.2) is 23.1 Å². The van der Waals surface area contributed by atoms with Gasteiger partial charge in [0.25, 0.3) is 11.8 Å². The lowest BCUT2D eigenvalue weighted by Gasteiger charge is -2.43. The number of hydrogen-bond donors (Lipinski definition) is 2. The summed E-state index contributed by atoms with van der Waals surface area (Å²) >= 11 is 12.0. The topological polar surface area (TPSA) is 122 Å². The van der Waals surface area contributed by atoms with Crippen LogP contribution in [0.5, 0.6) is 0 Å². The van der Waals surface area contributed by atoms with E-state index >= 15 is 0 Å². The van der Waals surface area contributed by atoms with Gasteiger partial charge in [-0.2, -0.15) is 4.31 Å². The zero-order valence-corrected chi connectivity index (χ0v) is 21.1. The molecule has 2 atom stereocenters. The first kappa shape index (κ1) is 25.7. The Kier molecular flexibility index (Phi) is 8.06. The summed E-state index contributed by atoms with van der Waals surface area (Å²) in [7, 11) is -4.16. The minimum atomic E-state index is -4.16. The summed E-state index contributed by atoms with van der Waals surface area (Å²) in [4.78, 5) is 28.1. The molecular weight excluding hydrogens is 503 g/mol. The van der Waals surface area contributed by atoms with Crippen molar-refractivity contribution in [2.75, 3.05) is 19.7 Å². The summed E-state index contributed by atoms with van der Waals surface area (Å²) in [5.41, 5.74) is 5.98. The Morgan fingerprint density at radius 3 is 2.41 bits per heavy atom. The van der Waals surface area contributed by atoms with Crippen molar-refractivity contribution in [3.63, 3.8) is 0 Å². The maximum absolute atomic E-state index is 13.6. The third-order valence-corrected chi connectivity index (χ3v) is 9.27. The molecule has 3 aliphatic rings. The van der Waals surface area contributed by atoms with Crippen molar-refractivity contribution in [1.29, 1.82) is 0 Å². The van der Waals surface area contributed by atoms with Crippen molar-refractivity contribution in [3.8, 4) is 0 Å². The van der Waals surface area contributed by atoms with Crippen molar-refractivity contribution in [3.05, 3.63) is 28.2 Å². The van der Waals surface area contributed by atoms with E-state index in [9.17, 15) is 18.0 Å². The first-order chi connectivity index (χ1) is 16.2. The second-order valence-corrected chi connectivity index (χ2v) is 11.8. The van der Waals surface area contributed by atoms with E-state index in [4.69, 9.17) is 33.7 Å². The summed E-state index contributed by atoms with van der Waals surface area (Å²) < 4.78 is 33.9. The summed E-state index contributed by atoms with van der Waals surface area (Å²) in [5.74, 6) is -0.882. The van der Waals surface area contributed by atoms with Crippen LogP contribution >= 0.6 is 23.2 Å². The monoisotopic (exact) mass is 532 g/mol. The zero-order chi connectivity index (χ0) is 24.5. The molecule has 1 aromatic rings. The average Bonchev–Trinajstić information content (AvgIpc) is 3.36. The van der Waals surface area contributed by atoms with E-state index in [0.29, 0.717) is 32.3 Å². The van der Waals surface area contributed by atoms with E-state index in [-0.39, 0.29) is 46.0 Å². The van der Waals surface area contributed by atoms with Crippen LogP contribution in [0.3, 0.4) is 0 Å². The number of benzene rings is 1. The summed E-state index contributed by atoms with van der Waals surface area (Å²) in [6.45, 7) is 0.819. The van der Waals surface area contributed by atoms with Crippen LogP contribution in [-0.2, 0) is 24.3 Å². The molecule has 2 saturated heterocycles. The minimum absolute atomic E-state index is 0.0882. The third-order valence-electron chi connectivity index (χ3n) is 6.68. The van der Waals surface area contributed by atoms with E-state index in [2.05, 4.69) is 5.32 Å². The fraction of sp³-hybridized carbons (Fsp3) is 0.636. The molecule has 0 radical (unpaired) electrons. The largest absolute Gasteiger partial charge is 0.368 e. The van der Waals surface area contributed by atoms with Crippen molar-refractivity contribution in [1.82, 2.24) is 14.5 Å². The number of carbonyl (C=O) groups is 2. The van der Waals surface area contributed by atoms with Crippen LogP contribution < -0.4 is 11.1 Å². The fourth-order valence-electron chi connectivity index (χ4n) is 4.82. The molecule has 0 aromatic heterocycles. The number of nitrogens with zero attached hydrogens (tertiary/aromatic N) is 2. The number of nitrogens with two attached hydrogens (primary N) is 1. The number of ether oxygens (including phenoxy) is 1. The van der Waals surface area contributed by atoms with Gasteiger partial charge in [0.1, 0.15) is 6.10 Å². The zero-order valence-electron chi connectivity index (χ0n) is 18.8. The lowest BCUT2D eigenvalue weighted by atomic mass is 9.92. The number of sulfonamides is 1. The highest BCUT2D eigenvalue weighted by atomic mass is 35.5. The second kappa shape index (κ2) is 10.7. The normalized spacial score (nSPS) is 28.6. The Morgan fingerprint density at radius 1 is 1.03 bits per heavy atom. The molecule has 2 amide bonds. The minimum Gasteiger partial charge on any atom is -0.368 e. The Labute approximate surface area is 209 Å². The molecule has 0 spiro atoms. The van der Waals surface area contributed by atoms with E-state index in [1.165, 1.54) is 23.1 Å². The standard InChI is InChI=1S/C22H30Cl2N4O5S/c23-17-9-8-16(13-18(17)24)34(31,32)28-11-2-10-27(22(30)19-3-1-12-33-19)21(28)20(29)26-15-6-4-14(25)5-7-15/h8-9,13-15,19,21H,1-7,10-12,25H2,(H,26,29). The summed E-state index contributed by atoms with van der Waals surface area (Å²) in [5, 5.41) is 3.29. The Morgan fingerprint density at radius 2 is 1.76 bits per heavy atom. The molecule has 2 aliphatic heterocycles. The molecule has 9 nitrogen and oxygen atoms in total. The maximum Gasteiger partial charge on any atom is 0.259 e. The van der Waals surface area contributed by atoms with E-state index in [1.807, 2.05) is 0 Å². The van der Waals surface area contributed by atoms with Crippen molar-refractivity contribution >= 4 is 45.0 Å². The Balaban J connectivity index is 1.65. The van der Waals surface area contributed by atoms with Crippen LogP contribution in [0.2, 0.25) is 10.0 Å². The number of amides is 2. The van der Waals surface area contributed by atoms with Crippen LogP contribution in [0.4, 0.5) is 0 Å². The van der Waals surface area contributed by atoms with Gasteiger partial charge in [-0.3, -0.25) is 9.59 Å². The molecule has 0 bridgehead atoms. The van der Waals surface area contributed by atoms with Crippen molar-refractivity contribution < 1.29 is 22.7 Å². The molecule has 1 aliphatic carbocycles. The van der Waals surface area contributed by atoms with Gasteiger partial charge in [0.15, 0.2) is 6.17 Å². The number of carbonyl (C=O) groups excluding carboxylic acids is 2. The van der Waals surface area contributed by atoms with Crippen molar-refractivity contribution in [2.24, 2.45) is 5.73 Å². The number of nitrogens with one attached hydrogen (secondary N) is 1. The van der Waals surface area contributed by atoms with Gasteiger partial charge < -0.3 is 20.7 Å². The third kappa shape index (κ3) is 5.37. The summed E-state index contributed by atoms with van der Waals surface area (Å²) in [6.07, 6.45) is 2.66. The fourth-order valence-corrected chi connectivity index (χ4v) is 6.80. The number of rotatable bonds is 5. The molecule has 4 rings (SSSR count).